The van der Waals surface area contributed by atoms with E-state index >= 15 is 0 Å². The molecule has 0 aliphatic rings. The first-order valence-electron chi connectivity index (χ1n) is 7.95. The number of anilines is 1. The van der Waals surface area contributed by atoms with Gasteiger partial charge in [-0.25, -0.2) is 9.97 Å². The summed E-state index contributed by atoms with van der Waals surface area (Å²) in [6.07, 6.45) is 3.24. The van der Waals surface area contributed by atoms with Crippen molar-refractivity contribution in [1.29, 1.82) is 0 Å². The summed E-state index contributed by atoms with van der Waals surface area (Å²) in [5.74, 6) is 1.71. The summed E-state index contributed by atoms with van der Waals surface area (Å²) in [6.45, 7) is 6.25. The molecule has 3 N–H and O–H groups in total. The SMILES string of the molecule is CCc1cc(=O)[nH]c(-c2ccc(N[C@H](CO)CC(C)C)nc2)n1. The zero-order valence-corrected chi connectivity index (χ0v) is 13.8. The second-order valence-electron chi connectivity index (χ2n) is 6.02. The highest BCUT2D eigenvalue weighted by Crippen LogP contribution is 2.16. The van der Waals surface area contributed by atoms with E-state index in [0.717, 1.165) is 17.7 Å². The third kappa shape index (κ3) is 4.89. The van der Waals surface area contributed by atoms with Gasteiger partial charge in [0.1, 0.15) is 11.6 Å². The highest BCUT2D eigenvalue weighted by atomic mass is 16.3. The second kappa shape index (κ2) is 7.87. The van der Waals surface area contributed by atoms with Crippen LogP contribution >= 0.6 is 0 Å². The van der Waals surface area contributed by atoms with E-state index in [9.17, 15) is 9.90 Å². The van der Waals surface area contributed by atoms with E-state index in [2.05, 4.69) is 34.1 Å². The zero-order chi connectivity index (χ0) is 16.8. The van der Waals surface area contributed by atoms with Crippen LogP contribution in [0.25, 0.3) is 11.4 Å². The Morgan fingerprint density at radius 1 is 1.35 bits per heavy atom. The van der Waals surface area contributed by atoms with Crippen molar-refractivity contribution in [3.05, 3.63) is 40.4 Å². The standard InChI is InChI=1S/C17H24N4O2/c1-4-13-8-16(23)21-17(20-13)12-5-6-15(18-9-12)19-14(10-22)7-11(2)3/h5-6,8-9,11,14,22H,4,7,10H2,1-3H3,(H,18,19)(H,20,21,23)/t14-/m0/s1. The number of aliphatic hydroxyl groups is 1. The Balaban J connectivity index is 2.16. The van der Waals surface area contributed by atoms with Crippen molar-refractivity contribution < 1.29 is 5.11 Å². The highest BCUT2D eigenvalue weighted by molar-refractivity contribution is 5.56. The van der Waals surface area contributed by atoms with Gasteiger partial charge in [-0.1, -0.05) is 20.8 Å². The van der Waals surface area contributed by atoms with Gasteiger partial charge in [-0.05, 0) is 30.9 Å². The summed E-state index contributed by atoms with van der Waals surface area (Å²) in [6, 6.07) is 5.17. The molecule has 0 aromatic carbocycles. The number of hydrogen-bond donors (Lipinski definition) is 3. The highest BCUT2D eigenvalue weighted by Gasteiger charge is 2.10. The lowest BCUT2D eigenvalue weighted by Gasteiger charge is -2.18. The summed E-state index contributed by atoms with van der Waals surface area (Å²) in [5.41, 5.74) is 1.35. The fourth-order valence-electron chi connectivity index (χ4n) is 2.40. The molecule has 2 aromatic heterocycles. The molecule has 0 radical (unpaired) electrons. The molecule has 1 atom stereocenters. The normalized spacial score (nSPS) is 12.4. The molecule has 0 unspecified atom stereocenters. The maximum absolute atomic E-state index is 11.6. The predicted molar refractivity (Wildman–Crippen MR) is 91.4 cm³/mol. The summed E-state index contributed by atoms with van der Waals surface area (Å²) in [5, 5.41) is 12.6. The summed E-state index contributed by atoms with van der Waals surface area (Å²) < 4.78 is 0. The van der Waals surface area contributed by atoms with Gasteiger partial charge >= 0.3 is 0 Å². The number of hydrogen-bond acceptors (Lipinski definition) is 5. The molecule has 0 spiro atoms. The molecular formula is C17H24N4O2. The van der Waals surface area contributed by atoms with Crippen molar-refractivity contribution in [2.24, 2.45) is 5.92 Å². The molecule has 0 saturated heterocycles. The molecule has 0 aliphatic carbocycles. The number of pyridine rings is 1. The molecule has 0 saturated carbocycles. The van der Waals surface area contributed by atoms with E-state index < -0.39 is 0 Å². The molecule has 0 bridgehead atoms. The summed E-state index contributed by atoms with van der Waals surface area (Å²) in [4.78, 5) is 23.1. The van der Waals surface area contributed by atoms with E-state index in [-0.39, 0.29) is 18.2 Å². The van der Waals surface area contributed by atoms with Gasteiger partial charge in [-0.3, -0.25) is 4.79 Å². The molecular weight excluding hydrogens is 292 g/mol. The van der Waals surface area contributed by atoms with Crippen LogP contribution in [0, 0.1) is 5.92 Å². The van der Waals surface area contributed by atoms with Crippen molar-refractivity contribution in [2.75, 3.05) is 11.9 Å². The molecule has 6 heteroatoms. The predicted octanol–water partition coefficient (Wildman–Crippen LogP) is 2.21. The molecule has 6 nitrogen and oxygen atoms in total. The third-order valence-corrected chi connectivity index (χ3v) is 3.52. The summed E-state index contributed by atoms with van der Waals surface area (Å²) in [7, 11) is 0. The van der Waals surface area contributed by atoms with Gasteiger partial charge in [0.25, 0.3) is 5.56 Å². The van der Waals surface area contributed by atoms with Crippen LogP contribution in [0.4, 0.5) is 5.82 Å². The molecule has 0 amide bonds. The van der Waals surface area contributed by atoms with Crippen LogP contribution < -0.4 is 10.9 Å². The van der Waals surface area contributed by atoms with Crippen molar-refractivity contribution >= 4 is 5.82 Å². The van der Waals surface area contributed by atoms with Crippen LogP contribution in [-0.2, 0) is 6.42 Å². The molecule has 0 fully saturated rings. The fourth-order valence-corrected chi connectivity index (χ4v) is 2.40. The van der Waals surface area contributed by atoms with Crippen LogP contribution in [0.5, 0.6) is 0 Å². The molecule has 0 aliphatic heterocycles. The number of aliphatic hydroxyl groups excluding tert-OH is 1. The minimum atomic E-state index is -0.161. The smallest absolute Gasteiger partial charge is 0.251 e. The van der Waals surface area contributed by atoms with E-state index in [1.54, 1.807) is 6.20 Å². The maximum Gasteiger partial charge on any atom is 0.251 e. The lowest BCUT2D eigenvalue weighted by Crippen LogP contribution is -2.26. The number of aryl methyl sites for hydroxylation is 1. The Bertz CT molecular complexity index is 680. The number of nitrogens with one attached hydrogen (secondary N) is 2. The molecule has 23 heavy (non-hydrogen) atoms. The number of rotatable bonds is 7. The first-order valence-corrected chi connectivity index (χ1v) is 7.95. The van der Waals surface area contributed by atoms with Gasteiger partial charge < -0.3 is 15.4 Å². The minimum Gasteiger partial charge on any atom is -0.394 e. The number of aromatic amines is 1. The first-order chi connectivity index (χ1) is 11.0. The molecule has 2 aromatic rings. The van der Waals surface area contributed by atoms with Crippen molar-refractivity contribution in [1.82, 2.24) is 15.0 Å². The van der Waals surface area contributed by atoms with E-state index in [1.165, 1.54) is 6.07 Å². The van der Waals surface area contributed by atoms with Crippen molar-refractivity contribution in [3.63, 3.8) is 0 Å². The first kappa shape index (κ1) is 17.1. The average Bonchev–Trinajstić information content (AvgIpc) is 2.53. The molecule has 2 rings (SSSR count). The molecule has 124 valence electrons. The largest absolute Gasteiger partial charge is 0.394 e. The van der Waals surface area contributed by atoms with Crippen LogP contribution in [-0.4, -0.2) is 32.7 Å². The number of nitrogens with zero attached hydrogens (tertiary/aromatic N) is 2. The second-order valence-corrected chi connectivity index (χ2v) is 6.02. The van der Waals surface area contributed by atoms with Gasteiger partial charge in [0.05, 0.1) is 12.6 Å². The van der Waals surface area contributed by atoms with E-state index in [0.29, 0.717) is 24.0 Å². The lowest BCUT2D eigenvalue weighted by atomic mass is 10.0. The van der Waals surface area contributed by atoms with Crippen LogP contribution in [0.15, 0.2) is 29.2 Å². The van der Waals surface area contributed by atoms with Gasteiger partial charge in [0.2, 0.25) is 0 Å². The van der Waals surface area contributed by atoms with Crippen LogP contribution in [0.1, 0.15) is 32.9 Å². The zero-order valence-electron chi connectivity index (χ0n) is 13.8. The Morgan fingerprint density at radius 3 is 2.70 bits per heavy atom. The number of H-pyrrole nitrogens is 1. The average molecular weight is 316 g/mol. The van der Waals surface area contributed by atoms with Crippen LogP contribution in [0.2, 0.25) is 0 Å². The molecule has 2 heterocycles. The van der Waals surface area contributed by atoms with E-state index in [1.807, 2.05) is 19.1 Å². The Hall–Kier alpha value is -2.21. The minimum absolute atomic E-state index is 0.0188. The van der Waals surface area contributed by atoms with Gasteiger partial charge in [-0.15, -0.1) is 0 Å². The van der Waals surface area contributed by atoms with Crippen molar-refractivity contribution in [3.8, 4) is 11.4 Å². The maximum atomic E-state index is 11.6. The monoisotopic (exact) mass is 316 g/mol. The Morgan fingerprint density at radius 2 is 2.13 bits per heavy atom. The van der Waals surface area contributed by atoms with Gasteiger partial charge in [0, 0.05) is 23.5 Å². The lowest BCUT2D eigenvalue weighted by molar-refractivity contribution is 0.259. The topological polar surface area (TPSA) is 90.9 Å². The van der Waals surface area contributed by atoms with Crippen LogP contribution in [0.3, 0.4) is 0 Å². The van der Waals surface area contributed by atoms with Gasteiger partial charge in [0.15, 0.2) is 0 Å². The Kier molecular flexibility index (Phi) is 5.87. The number of aromatic nitrogens is 3. The van der Waals surface area contributed by atoms with Crippen molar-refractivity contribution in [2.45, 2.75) is 39.7 Å². The quantitative estimate of drug-likeness (QED) is 0.728. The third-order valence-electron chi connectivity index (χ3n) is 3.52. The fraction of sp³-hybridized carbons (Fsp3) is 0.471. The summed E-state index contributed by atoms with van der Waals surface area (Å²) >= 11 is 0. The Labute approximate surface area is 136 Å². The van der Waals surface area contributed by atoms with E-state index in [4.69, 9.17) is 0 Å². The van der Waals surface area contributed by atoms with Gasteiger partial charge in [-0.2, -0.15) is 0 Å².